The molecule has 0 saturated heterocycles. The average molecular weight is 258 g/mol. The third-order valence-corrected chi connectivity index (χ3v) is 4.03. The molecule has 3 N–H and O–H groups in total. The van der Waals surface area contributed by atoms with E-state index in [1.807, 2.05) is 17.8 Å². The van der Waals surface area contributed by atoms with Gasteiger partial charge in [0.15, 0.2) is 0 Å². The number of nitrogens with one attached hydrogen (secondary N) is 1. The van der Waals surface area contributed by atoms with E-state index in [1.165, 1.54) is 16.0 Å². The van der Waals surface area contributed by atoms with E-state index < -0.39 is 0 Å². The first-order valence-electron chi connectivity index (χ1n) is 6.01. The minimum absolute atomic E-state index is 0.177. The molecule has 0 aromatic heterocycles. The van der Waals surface area contributed by atoms with Crippen molar-refractivity contribution in [1.29, 1.82) is 0 Å². The summed E-state index contributed by atoms with van der Waals surface area (Å²) in [4.78, 5) is 1.27. The van der Waals surface area contributed by atoms with Gasteiger partial charge in [-0.05, 0) is 30.2 Å². The molecule has 0 fully saturated rings. The van der Waals surface area contributed by atoms with E-state index in [0.717, 1.165) is 5.75 Å². The van der Waals surface area contributed by atoms with Crippen molar-refractivity contribution in [3.8, 4) is 0 Å². The van der Waals surface area contributed by atoms with Crippen LogP contribution in [-0.2, 0) is 0 Å². The Morgan fingerprint density at radius 2 is 1.72 bits per heavy atom. The average Bonchev–Trinajstić information content (AvgIpc) is 2.42. The molecule has 94 valence electrons. The quantitative estimate of drug-likeness (QED) is 0.491. The highest BCUT2D eigenvalue weighted by Gasteiger charge is 2.11. The standard InChI is InChI=1S/C15H18N2S/c1-12-7-5-6-10-14(12)15(17-16)11-18-13-8-3-2-4-9-13/h2-10,15,17H,11,16H2,1H3. The van der Waals surface area contributed by atoms with Gasteiger partial charge in [-0.25, -0.2) is 0 Å². The van der Waals surface area contributed by atoms with Crippen molar-refractivity contribution in [2.75, 3.05) is 5.75 Å². The molecule has 2 nitrogen and oxygen atoms in total. The lowest BCUT2D eigenvalue weighted by Crippen LogP contribution is -2.30. The fraction of sp³-hybridized carbons (Fsp3) is 0.200. The molecule has 0 heterocycles. The molecule has 3 heteroatoms. The number of hydrogen-bond donors (Lipinski definition) is 2. The summed E-state index contributed by atoms with van der Waals surface area (Å²) in [6, 6.07) is 18.9. The Balaban J connectivity index is 2.04. The van der Waals surface area contributed by atoms with Crippen LogP contribution in [0.5, 0.6) is 0 Å². The highest BCUT2D eigenvalue weighted by Crippen LogP contribution is 2.25. The van der Waals surface area contributed by atoms with Gasteiger partial charge in [0.2, 0.25) is 0 Å². The van der Waals surface area contributed by atoms with Gasteiger partial charge < -0.3 is 0 Å². The number of benzene rings is 2. The molecular weight excluding hydrogens is 240 g/mol. The molecule has 2 aromatic rings. The van der Waals surface area contributed by atoms with E-state index in [-0.39, 0.29) is 6.04 Å². The molecule has 0 aliphatic rings. The summed E-state index contributed by atoms with van der Waals surface area (Å²) in [6.45, 7) is 2.12. The second-order valence-electron chi connectivity index (χ2n) is 4.20. The molecule has 1 unspecified atom stereocenters. The Morgan fingerprint density at radius 3 is 2.39 bits per heavy atom. The van der Waals surface area contributed by atoms with E-state index in [4.69, 9.17) is 5.84 Å². The smallest absolute Gasteiger partial charge is 0.0556 e. The van der Waals surface area contributed by atoms with E-state index in [9.17, 15) is 0 Å². The fourth-order valence-corrected chi connectivity index (χ4v) is 2.89. The van der Waals surface area contributed by atoms with Gasteiger partial charge in [0.05, 0.1) is 6.04 Å². The van der Waals surface area contributed by atoms with Crippen LogP contribution < -0.4 is 11.3 Å². The van der Waals surface area contributed by atoms with E-state index in [0.29, 0.717) is 0 Å². The van der Waals surface area contributed by atoms with Crippen LogP contribution in [0.25, 0.3) is 0 Å². The molecule has 0 amide bonds. The first kappa shape index (κ1) is 13.1. The van der Waals surface area contributed by atoms with Crippen LogP contribution in [0.15, 0.2) is 59.5 Å². The Morgan fingerprint density at radius 1 is 1.06 bits per heavy atom. The summed E-state index contributed by atoms with van der Waals surface area (Å²) in [5, 5.41) is 0. The molecule has 2 rings (SSSR count). The van der Waals surface area contributed by atoms with Crippen LogP contribution in [0.4, 0.5) is 0 Å². The van der Waals surface area contributed by atoms with Crippen molar-refractivity contribution < 1.29 is 0 Å². The van der Waals surface area contributed by atoms with Crippen molar-refractivity contribution in [3.63, 3.8) is 0 Å². The number of hydrogen-bond acceptors (Lipinski definition) is 3. The van der Waals surface area contributed by atoms with Gasteiger partial charge in [0, 0.05) is 10.6 Å². The second-order valence-corrected chi connectivity index (χ2v) is 5.29. The van der Waals surface area contributed by atoms with E-state index >= 15 is 0 Å². The Kier molecular flexibility index (Phi) is 4.81. The first-order chi connectivity index (χ1) is 8.81. The molecule has 0 saturated carbocycles. The number of aryl methyl sites for hydroxylation is 1. The summed E-state index contributed by atoms with van der Waals surface area (Å²) in [7, 11) is 0. The molecule has 0 aliphatic carbocycles. The van der Waals surface area contributed by atoms with Crippen LogP contribution in [0, 0.1) is 6.92 Å². The monoisotopic (exact) mass is 258 g/mol. The van der Waals surface area contributed by atoms with Gasteiger partial charge in [0.25, 0.3) is 0 Å². The lowest BCUT2D eigenvalue weighted by Gasteiger charge is -2.18. The van der Waals surface area contributed by atoms with Crippen molar-refractivity contribution in [3.05, 3.63) is 65.7 Å². The predicted octanol–water partition coefficient (Wildman–Crippen LogP) is 3.29. The Hall–Kier alpha value is -1.29. The van der Waals surface area contributed by atoms with Crippen molar-refractivity contribution in [1.82, 2.24) is 5.43 Å². The Bertz CT molecular complexity index is 485. The maximum atomic E-state index is 5.67. The maximum Gasteiger partial charge on any atom is 0.0556 e. The number of thioether (sulfide) groups is 1. The van der Waals surface area contributed by atoms with Crippen LogP contribution in [0.3, 0.4) is 0 Å². The Labute approximate surface area is 113 Å². The van der Waals surface area contributed by atoms with Crippen molar-refractivity contribution in [2.45, 2.75) is 17.9 Å². The lowest BCUT2D eigenvalue weighted by molar-refractivity contribution is 0.608. The zero-order valence-corrected chi connectivity index (χ0v) is 11.3. The summed E-state index contributed by atoms with van der Waals surface area (Å²) < 4.78 is 0. The van der Waals surface area contributed by atoms with Gasteiger partial charge in [-0.15, -0.1) is 11.8 Å². The van der Waals surface area contributed by atoms with E-state index in [2.05, 4.69) is 60.9 Å². The second kappa shape index (κ2) is 6.59. The molecule has 18 heavy (non-hydrogen) atoms. The number of nitrogens with two attached hydrogens (primary N) is 1. The largest absolute Gasteiger partial charge is 0.271 e. The molecule has 0 aliphatic heterocycles. The highest BCUT2D eigenvalue weighted by atomic mass is 32.2. The zero-order chi connectivity index (χ0) is 12.8. The predicted molar refractivity (Wildman–Crippen MR) is 78.4 cm³/mol. The fourth-order valence-electron chi connectivity index (χ4n) is 1.90. The maximum absolute atomic E-state index is 5.67. The third-order valence-electron chi connectivity index (χ3n) is 2.92. The van der Waals surface area contributed by atoms with Crippen molar-refractivity contribution >= 4 is 11.8 Å². The highest BCUT2D eigenvalue weighted by molar-refractivity contribution is 7.99. The minimum Gasteiger partial charge on any atom is -0.271 e. The first-order valence-corrected chi connectivity index (χ1v) is 6.99. The molecule has 2 aromatic carbocycles. The number of hydrazine groups is 1. The summed E-state index contributed by atoms with van der Waals surface area (Å²) in [5.41, 5.74) is 5.45. The summed E-state index contributed by atoms with van der Waals surface area (Å²) in [6.07, 6.45) is 0. The van der Waals surface area contributed by atoms with Crippen LogP contribution in [-0.4, -0.2) is 5.75 Å². The van der Waals surface area contributed by atoms with E-state index in [1.54, 1.807) is 0 Å². The van der Waals surface area contributed by atoms with Crippen LogP contribution in [0.2, 0.25) is 0 Å². The van der Waals surface area contributed by atoms with Gasteiger partial charge in [-0.2, -0.15) is 0 Å². The summed E-state index contributed by atoms with van der Waals surface area (Å²) in [5.74, 6) is 6.60. The SMILES string of the molecule is Cc1ccccc1C(CSc1ccccc1)NN. The van der Waals surface area contributed by atoms with Crippen molar-refractivity contribution in [2.24, 2.45) is 5.84 Å². The van der Waals surface area contributed by atoms with Gasteiger partial charge in [0.1, 0.15) is 0 Å². The summed E-state index contributed by atoms with van der Waals surface area (Å²) >= 11 is 1.81. The molecule has 0 spiro atoms. The van der Waals surface area contributed by atoms with Gasteiger partial charge in [-0.1, -0.05) is 42.5 Å². The van der Waals surface area contributed by atoms with Gasteiger partial charge in [-0.3, -0.25) is 11.3 Å². The molecule has 0 radical (unpaired) electrons. The molecule has 1 atom stereocenters. The normalized spacial score (nSPS) is 12.3. The van der Waals surface area contributed by atoms with Gasteiger partial charge >= 0.3 is 0 Å². The van der Waals surface area contributed by atoms with Crippen LogP contribution in [0.1, 0.15) is 17.2 Å². The zero-order valence-electron chi connectivity index (χ0n) is 10.5. The topological polar surface area (TPSA) is 38.0 Å². The molecular formula is C15H18N2S. The third kappa shape index (κ3) is 3.35. The number of rotatable bonds is 5. The minimum atomic E-state index is 0.177. The van der Waals surface area contributed by atoms with Crippen LogP contribution >= 0.6 is 11.8 Å². The molecule has 0 bridgehead atoms. The lowest BCUT2D eigenvalue weighted by atomic mass is 10.0.